The lowest BCUT2D eigenvalue weighted by molar-refractivity contribution is 0.808. The van der Waals surface area contributed by atoms with Gasteiger partial charge in [0.15, 0.2) is 5.82 Å². The van der Waals surface area contributed by atoms with E-state index in [0.717, 1.165) is 27.6 Å². The first-order chi connectivity index (χ1) is 19.3. The number of benzene rings is 4. The summed E-state index contributed by atoms with van der Waals surface area (Å²) in [6.45, 7) is 1.38. The molecule has 0 aliphatic carbocycles. The molecule has 3 aromatic heterocycles. The van der Waals surface area contributed by atoms with E-state index in [1.165, 1.54) is 5.56 Å². The normalized spacial score (nSPS) is 10.7. The van der Waals surface area contributed by atoms with Crippen molar-refractivity contribution >= 4 is 22.1 Å². The van der Waals surface area contributed by atoms with Gasteiger partial charge >= 0.3 is 0 Å². The van der Waals surface area contributed by atoms with Crippen molar-refractivity contribution in [1.29, 1.82) is 5.26 Å². The number of nitriles is 1. The first kappa shape index (κ1) is 23.8. The lowest BCUT2D eigenvalue weighted by atomic mass is 10.2. The third-order valence-corrected chi connectivity index (χ3v) is 6.32. The Morgan fingerprint density at radius 1 is 0.641 bits per heavy atom. The number of aromatic amines is 1. The summed E-state index contributed by atoms with van der Waals surface area (Å²) in [6.07, 6.45) is 0. The molecule has 39 heavy (non-hydrogen) atoms. The van der Waals surface area contributed by atoms with Crippen LogP contribution >= 0.6 is 0 Å². The van der Waals surface area contributed by atoms with Crippen molar-refractivity contribution in [2.24, 2.45) is 0 Å². The van der Waals surface area contributed by atoms with Crippen molar-refractivity contribution in [1.82, 2.24) is 39.7 Å². The predicted molar refractivity (Wildman–Crippen MR) is 148 cm³/mol. The van der Waals surface area contributed by atoms with Gasteiger partial charge in [0.25, 0.3) is 0 Å². The molecule has 9 nitrogen and oxygen atoms in total. The maximum absolute atomic E-state index is 9.16. The number of hydrogen-bond donors (Lipinski definition) is 1. The Morgan fingerprint density at radius 3 is 1.77 bits per heavy atom. The van der Waals surface area contributed by atoms with Gasteiger partial charge in [-0.1, -0.05) is 84.9 Å². The van der Waals surface area contributed by atoms with Gasteiger partial charge in [0, 0.05) is 6.54 Å². The van der Waals surface area contributed by atoms with E-state index in [2.05, 4.69) is 71.6 Å². The van der Waals surface area contributed by atoms with Gasteiger partial charge in [-0.25, -0.2) is 9.97 Å². The molecule has 0 aliphatic heterocycles. The molecule has 3 heterocycles. The third-order valence-electron chi connectivity index (χ3n) is 6.32. The summed E-state index contributed by atoms with van der Waals surface area (Å²) >= 11 is 0. The SMILES string of the molecule is N#Cc1nc2ccccc2n1Cc1ccccc1.c1ccc(Cn2c(-c3nn[nH]n3)nc3ccccc32)cc1. The quantitative estimate of drug-likeness (QED) is 0.340. The van der Waals surface area contributed by atoms with Crippen LogP contribution in [0.4, 0.5) is 0 Å². The number of imidazole rings is 2. The monoisotopic (exact) mass is 509 g/mol. The highest BCUT2D eigenvalue weighted by atomic mass is 15.5. The molecule has 0 radical (unpaired) electrons. The molecule has 0 amide bonds. The van der Waals surface area contributed by atoms with Gasteiger partial charge in [0.1, 0.15) is 6.07 Å². The van der Waals surface area contributed by atoms with Gasteiger partial charge in [-0.15, -0.1) is 10.2 Å². The van der Waals surface area contributed by atoms with Crippen LogP contribution in [-0.4, -0.2) is 39.7 Å². The average Bonchev–Trinajstić information content (AvgIpc) is 3.73. The Kier molecular flexibility index (Phi) is 6.57. The van der Waals surface area contributed by atoms with E-state index < -0.39 is 0 Å². The van der Waals surface area contributed by atoms with Crippen molar-refractivity contribution < 1.29 is 0 Å². The molecule has 0 unspecified atom stereocenters. The molecule has 0 fully saturated rings. The zero-order valence-electron chi connectivity index (χ0n) is 20.9. The molecule has 7 rings (SSSR count). The fourth-order valence-corrected chi connectivity index (χ4v) is 4.52. The Bertz CT molecular complexity index is 1860. The Morgan fingerprint density at radius 2 is 1.18 bits per heavy atom. The smallest absolute Gasteiger partial charge is 0.240 e. The Hall–Kier alpha value is -5.62. The first-order valence-electron chi connectivity index (χ1n) is 12.4. The van der Waals surface area contributed by atoms with E-state index in [0.29, 0.717) is 30.6 Å². The van der Waals surface area contributed by atoms with Crippen molar-refractivity contribution in [3.63, 3.8) is 0 Å². The zero-order valence-corrected chi connectivity index (χ0v) is 20.9. The number of fused-ring (bicyclic) bond motifs is 2. The minimum absolute atomic E-state index is 0.458. The van der Waals surface area contributed by atoms with Gasteiger partial charge in [0.05, 0.1) is 28.6 Å². The van der Waals surface area contributed by atoms with Crippen molar-refractivity contribution in [2.75, 3.05) is 0 Å². The second-order valence-corrected chi connectivity index (χ2v) is 8.84. The van der Waals surface area contributed by atoms with Gasteiger partial charge in [-0.05, 0) is 40.6 Å². The molecule has 4 aromatic carbocycles. The summed E-state index contributed by atoms with van der Waals surface area (Å²) in [5.41, 5.74) is 6.21. The lowest BCUT2D eigenvalue weighted by Crippen LogP contribution is -2.03. The van der Waals surface area contributed by atoms with Crippen molar-refractivity contribution in [2.45, 2.75) is 13.1 Å². The van der Waals surface area contributed by atoms with Gasteiger partial charge in [-0.3, -0.25) is 0 Å². The topological polar surface area (TPSA) is 114 Å². The molecular weight excluding hydrogens is 486 g/mol. The molecule has 0 saturated carbocycles. The van der Waals surface area contributed by atoms with Gasteiger partial charge < -0.3 is 9.13 Å². The van der Waals surface area contributed by atoms with E-state index in [1.54, 1.807) is 0 Å². The van der Waals surface area contributed by atoms with Crippen LogP contribution in [0.5, 0.6) is 0 Å². The molecule has 0 bridgehead atoms. The summed E-state index contributed by atoms with van der Waals surface area (Å²) in [5, 5.41) is 23.4. The van der Waals surface area contributed by atoms with Gasteiger partial charge in [-0.2, -0.15) is 10.5 Å². The summed E-state index contributed by atoms with van der Waals surface area (Å²) in [7, 11) is 0. The van der Waals surface area contributed by atoms with Crippen molar-refractivity contribution in [3.8, 4) is 17.7 Å². The first-order valence-corrected chi connectivity index (χ1v) is 12.4. The number of rotatable bonds is 5. The van der Waals surface area contributed by atoms with Crippen molar-refractivity contribution in [3.05, 3.63) is 126 Å². The minimum Gasteiger partial charge on any atom is -0.317 e. The van der Waals surface area contributed by atoms with E-state index >= 15 is 0 Å². The predicted octanol–water partition coefficient (Wildman–Crippen LogP) is 5.22. The van der Waals surface area contributed by atoms with E-state index in [1.807, 2.05) is 83.4 Å². The highest BCUT2D eigenvalue weighted by Gasteiger charge is 2.16. The molecule has 0 atom stereocenters. The molecular formula is C30H23N9. The molecule has 0 saturated heterocycles. The molecule has 0 spiro atoms. The van der Waals surface area contributed by atoms with Crippen LogP contribution in [0, 0.1) is 11.3 Å². The highest BCUT2D eigenvalue weighted by Crippen LogP contribution is 2.23. The van der Waals surface area contributed by atoms with Crippen LogP contribution in [-0.2, 0) is 13.1 Å². The number of nitrogens with one attached hydrogen (secondary N) is 1. The average molecular weight is 510 g/mol. The maximum atomic E-state index is 9.16. The third kappa shape index (κ3) is 4.99. The van der Waals surface area contributed by atoms with Crippen LogP contribution in [0.25, 0.3) is 33.7 Å². The summed E-state index contributed by atoms with van der Waals surface area (Å²) < 4.78 is 4.06. The van der Waals surface area contributed by atoms with Crippen LogP contribution < -0.4 is 0 Å². The number of hydrogen-bond acceptors (Lipinski definition) is 6. The molecule has 0 aliphatic rings. The van der Waals surface area contributed by atoms with E-state index in [9.17, 15) is 0 Å². The van der Waals surface area contributed by atoms with Gasteiger partial charge in [0.2, 0.25) is 11.6 Å². The molecule has 7 aromatic rings. The highest BCUT2D eigenvalue weighted by molar-refractivity contribution is 5.79. The van der Waals surface area contributed by atoms with E-state index in [4.69, 9.17) is 5.26 Å². The van der Waals surface area contributed by atoms with E-state index in [-0.39, 0.29) is 0 Å². The minimum atomic E-state index is 0.458. The summed E-state index contributed by atoms with van der Waals surface area (Å²) in [4.78, 5) is 8.96. The Balaban J connectivity index is 0.000000144. The van der Waals surface area contributed by atoms with Crippen LogP contribution in [0.3, 0.4) is 0 Å². The van der Waals surface area contributed by atoms with Crippen LogP contribution in [0.2, 0.25) is 0 Å². The number of tetrazole rings is 1. The fraction of sp³-hybridized carbons (Fsp3) is 0.0667. The molecule has 1 N–H and O–H groups in total. The lowest BCUT2D eigenvalue weighted by Gasteiger charge is -2.07. The largest absolute Gasteiger partial charge is 0.317 e. The zero-order chi connectivity index (χ0) is 26.4. The Labute approximate surface area is 224 Å². The summed E-state index contributed by atoms with van der Waals surface area (Å²) in [5.74, 6) is 1.68. The van der Waals surface area contributed by atoms with Crippen LogP contribution in [0.1, 0.15) is 17.0 Å². The standard InChI is InChI=1S/C15H12N6.C15H11N3/c1-2-6-11(7-3-1)10-21-13-9-5-4-8-12(13)16-15(21)14-17-19-20-18-14;16-10-15-17-13-8-4-5-9-14(13)18(15)11-12-6-2-1-3-7-12/h1-9H,10H2,(H,17,18,19,20);1-9H,11H2. The number of H-pyrrole nitrogens is 1. The fourth-order valence-electron chi connectivity index (χ4n) is 4.52. The number of para-hydroxylation sites is 4. The number of aromatic nitrogens is 8. The maximum Gasteiger partial charge on any atom is 0.240 e. The van der Waals surface area contributed by atoms with Crippen LogP contribution in [0.15, 0.2) is 109 Å². The summed E-state index contributed by atoms with van der Waals surface area (Å²) in [6, 6.07) is 38.3. The molecule has 9 heteroatoms. The number of nitrogens with zero attached hydrogens (tertiary/aromatic N) is 8. The second-order valence-electron chi connectivity index (χ2n) is 8.84. The molecule has 188 valence electrons. The second kappa shape index (κ2) is 10.8.